The van der Waals surface area contributed by atoms with Crippen LogP contribution in [0.3, 0.4) is 0 Å². The van der Waals surface area contributed by atoms with Crippen molar-refractivity contribution in [2.45, 2.75) is 25.7 Å². The second kappa shape index (κ2) is 5.87. The van der Waals surface area contributed by atoms with Crippen LogP contribution in [-0.4, -0.2) is 29.9 Å². The van der Waals surface area contributed by atoms with Crippen LogP contribution in [0, 0.1) is 6.92 Å². The maximum absolute atomic E-state index is 5.34. The number of hydrogen-bond acceptors (Lipinski definition) is 6. The number of nitrogens with zero attached hydrogens (tertiary/aromatic N) is 6. The molecule has 1 aromatic carbocycles. The molecule has 3 aromatic heterocycles. The predicted octanol–water partition coefficient (Wildman–Crippen LogP) is 3.57. The average molecular weight is 344 g/mol. The van der Waals surface area contributed by atoms with Crippen molar-refractivity contribution in [3.8, 4) is 28.6 Å². The van der Waals surface area contributed by atoms with Crippen molar-refractivity contribution in [3.05, 3.63) is 60.4 Å². The van der Waals surface area contributed by atoms with Crippen LogP contribution in [0.25, 0.3) is 28.6 Å². The van der Waals surface area contributed by atoms with Crippen molar-refractivity contribution in [1.82, 2.24) is 29.9 Å². The Morgan fingerprint density at radius 3 is 2.54 bits per heavy atom. The first-order chi connectivity index (χ1) is 12.8. The monoisotopic (exact) mass is 344 g/mol. The summed E-state index contributed by atoms with van der Waals surface area (Å²) < 4.78 is 7.10. The summed E-state index contributed by atoms with van der Waals surface area (Å²) in [4.78, 5) is 13.4. The third kappa shape index (κ3) is 2.67. The molecule has 5 rings (SSSR count). The van der Waals surface area contributed by atoms with Gasteiger partial charge in [-0.25, -0.2) is 9.97 Å². The first kappa shape index (κ1) is 14.9. The summed E-state index contributed by atoms with van der Waals surface area (Å²) in [6, 6.07) is 13.7. The summed E-state index contributed by atoms with van der Waals surface area (Å²) >= 11 is 0. The third-order valence-electron chi connectivity index (χ3n) is 4.35. The van der Waals surface area contributed by atoms with Gasteiger partial charge in [0.25, 0.3) is 0 Å². The topological polar surface area (TPSA) is 82.5 Å². The molecule has 0 radical (unpaired) electrons. The molecule has 0 saturated heterocycles. The molecule has 0 bridgehead atoms. The lowest BCUT2D eigenvalue weighted by Crippen LogP contribution is -2.01. The number of benzene rings is 1. The zero-order chi connectivity index (χ0) is 17.5. The lowest BCUT2D eigenvalue weighted by molar-refractivity contribution is 0.380. The fourth-order valence-corrected chi connectivity index (χ4v) is 2.86. The second-order valence-corrected chi connectivity index (χ2v) is 6.39. The van der Waals surface area contributed by atoms with E-state index < -0.39 is 0 Å². The van der Waals surface area contributed by atoms with Crippen LogP contribution in [0.4, 0.5) is 0 Å². The molecule has 26 heavy (non-hydrogen) atoms. The number of aromatic nitrogens is 6. The van der Waals surface area contributed by atoms with Crippen LogP contribution >= 0.6 is 0 Å². The van der Waals surface area contributed by atoms with Gasteiger partial charge in [-0.1, -0.05) is 35.5 Å². The van der Waals surface area contributed by atoms with Crippen LogP contribution in [0.15, 0.2) is 53.2 Å². The van der Waals surface area contributed by atoms with Gasteiger partial charge in [-0.15, -0.1) is 5.10 Å². The van der Waals surface area contributed by atoms with E-state index in [1.54, 1.807) is 10.9 Å². The molecule has 0 N–H and O–H groups in total. The minimum atomic E-state index is 0.454. The van der Waals surface area contributed by atoms with Gasteiger partial charge in [-0.3, -0.25) is 0 Å². The summed E-state index contributed by atoms with van der Waals surface area (Å²) in [6.45, 7) is 1.87. The molecule has 0 aliphatic heterocycles. The van der Waals surface area contributed by atoms with Crippen molar-refractivity contribution in [1.29, 1.82) is 0 Å². The van der Waals surface area contributed by atoms with Crippen molar-refractivity contribution in [2.24, 2.45) is 0 Å². The zero-order valence-electron chi connectivity index (χ0n) is 14.2. The molecule has 3 heterocycles. The van der Waals surface area contributed by atoms with Crippen molar-refractivity contribution in [2.75, 3.05) is 0 Å². The fraction of sp³-hybridized carbons (Fsp3) is 0.211. The highest BCUT2D eigenvalue weighted by atomic mass is 16.5. The van der Waals surface area contributed by atoms with Gasteiger partial charge in [-0.2, -0.15) is 9.67 Å². The van der Waals surface area contributed by atoms with Gasteiger partial charge in [0.1, 0.15) is 5.82 Å². The molecule has 0 unspecified atom stereocenters. The van der Waals surface area contributed by atoms with Crippen molar-refractivity contribution < 1.29 is 4.52 Å². The summed E-state index contributed by atoms with van der Waals surface area (Å²) in [7, 11) is 0. The number of pyridine rings is 1. The maximum atomic E-state index is 5.34. The van der Waals surface area contributed by atoms with Crippen molar-refractivity contribution >= 4 is 0 Å². The van der Waals surface area contributed by atoms with Gasteiger partial charge in [0.05, 0.1) is 0 Å². The molecule has 7 nitrogen and oxygen atoms in total. The third-order valence-corrected chi connectivity index (χ3v) is 4.35. The van der Waals surface area contributed by atoms with E-state index in [0.717, 1.165) is 41.5 Å². The van der Waals surface area contributed by atoms with E-state index in [1.807, 2.05) is 49.4 Å². The first-order valence-electron chi connectivity index (χ1n) is 8.57. The minimum Gasteiger partial charge on any atom is -0.339 e. The molecule has 1 aliphatic rings. The number of hydrogen-bond donors (Lipinski definition) is 0. The summed E-state index contributed by atoms with van der Waals surface area (Å²) in [5, 5.41) is 8.56. The lowest BCUT2D eigenvalue weighted by Gasteiger charge is -2.05. The second-order valence-electron chi connectivity index (χ2n) is 6.39. The Bertz CT molecular complexity index is 1050. The van der Waals surface area contributed by atoms with Gasteiger partial charge in [0, 0.05) is 23.2 Å². The zero-order valence-corrected chi connectivity index (χ0v) is 14.2. The Morgan fingerprint density at radius 1 is 1.00 bits per heavy atom. The summed E-state index contributed by atoms with van der Waals surface area (Å²) in [5.41, 5.74) is 1.87. The number of aryl methyl sites for hydroxylation is 1. The molecule has 0 amide bonds. The molecular formula is C19H16N6O. The quantitative estimate of drug-likeness (QED) is 0.563. The van der Waals surface area contributed by atoms with E-state index in [1.165, 1.54) is 0 Å². The van der Waals surface area contributed by atoms with Crippen LogP contribution in [0.5, 0.6) is 0 Å². The molecule has 4 aromatic rings. The van der Waals surface area contributed by atoms with E-state index in [4.69, 9.17) is 4.52 Å². The SMILES string of the molecule is Cc1nc(-c2ccc(-c3noc(C4CC4)n3)cc2)n(-c2ccccn2)n1. The van der Waals surface area contributed by atoms with Gasteiger partial charge in [0.15, 0.2) is 11.6 Å². The van der Waals surface area contributed by atoms with Gasteiger partial charge >= 0.3 is 0 Å². The first-order valence-corrected chi connectivity index (χ1v) is 8.57. The lowest BCUT2D eigenvalue weighted by atomic mass is 10.1. The van der Waals surface area contributed by atoms with Gasteiger partial charge < -0.3 is 4.52 Å². The molecule has 0 spiro atoms. The highest BCUT2D eigenvalue weighted by molar-refractivity contribution is 5.64. The summed E-state index contributed by atoms with van der Waals surface area (Å²) in [6.07, 6.45) is 4.03. The molecule has 1 fully saturated rings. The Labute approximate surface area is 149 Å². The van der Waals surface area contributed by atoms with Crippen LogP contribution < -0.4 is 0 Å². The van der Waals surface area contributed by atoms with E-state index in [0.29, 0.717) is 17.6 Å². The van der Waals surface area contributed by atoms with E-state index in [2.05, 4.69) is 25.2 Å². The Balaban J connectivity index is 1.49. The van der Waals surface area contributed by atoms with E-state index >= 15 is 0 Å². The molecule has 128 valence electrons. The fourth-order valence-electron chi connectivity index (χ4n) is 2.86. The normalized spacial score (nSPS) is 13.9. The average Bonchev–Trinajstić information content (AvgIpc) is 3.28. The molecule has 1 saturated carbocycles. The van der Waals surface area contributed by atoms with Crippen LogP contribution in [0.2, 0.25) is 0 Å². The van der Waals surface area contributed by atoms with Crippen LogP contribution in [0.1, 0.15) is 30.5 Å². The Morgan fingerprint density at radius 2 is 1.81 bits per heavy atom. The Hall–Kier alpha value is -3.35. The summed E-state index contributed by atoms with van der Waals surface area (Å²) in [5.74, 6) is 4.01. The van der Waals surface area contributed by atoms with Gasteiger partial charge in [0.2, 0.25) is 11.7 Å². The largest absolute Gasteiger partial charge is 0.339 e. The predicted molar refractivity (Wildman–Crippen MR) is 94.6 cm³/mol. The minimum absolute atomic E-state index is 0.454. The van der Waals surface area contributed by atoms with E-state index in [-0.39, 0.29) is 0 Å². The van der Waals surface area contributed by atoms with Crippen molar-refractivity contribution in [3.63, 3.8) is 0 Å². The number of rotatable bonds is 4. The van der Waals surface area contributed by atoms with E-state index in [9.17, 15) is 0 Å². The maximum Gasteiger partial charge on any atom is 0.230 e. The highest BCUT2D eigenvalue weighted by Crippen LogP contribution is 2.39. The van der Waals surface area contributed by atoms with Gasteiger partial charge in [-0.05, 0) is 31.9 Å². The molecule has 1 aliphatic carbocycles. The smallest absolute Gasteiger partial charge is 0.230 e. The molecular weight excluding hydrogens is 328 g/mol. The standard InChI is InChI=1S/C19H16N6O/c1-12-21-18(25(23-12)16-4-2-3-11-20-16)14-7-5-13(6-8-14)17-22-19(26-24-17)15-9-10-15/h2-8,11,15H,9-10H2,1H3. The molecule has 0 atom stereocenters. The highest BCUT2D eigenvalue weighted by Gasteiger charge is 2.29. The molecule has 7 heteroatoms. The van der Waals surface area contributed by atoms with Crippen LogP contribution in [-0.2, 0) is 0 Å². The Kier molecular flexibility index (Phi) is 3.38.